The highest BCUT2D eigenvalue weighted by Gasteiger charge is 2.15. The van der Waals surface area contributed by atoms with Gasteiger partial charge in [0.2, 0.25) is 0 Å². The lowest BCUT2D eigenvalue weighted by Crippen LogP contribution is -2.22. The van der Waals surface area contributed by atoms with Crippen molar-refractivity contribution in [3.05, 3.63) is 34.9 Å². The number of ether oxygens (including phenoxy) is 1. The van der Waals surface area contributed by atoms with Crippen molar-refractivity contribution in [2.24, 2.45) is 5.92 Å². The van der Waals surface area contributed by atoms with E-state index in [2.05, 4.69) is 23.5 Å². The van der Waals surface area contributed by atoms with E-state index in [1.807, 2.05) is 0 Å². The second-order valence-electron chi connectivity index (χ2n) is 5.32. The molecule has 0 bridgehead atoms. The summed E-state index contributed by atoms with van der Waals surface area (Å²) >= 11 is 0. The van der Waals surface area contributed by atoms with E-state index < -0.39 is 0 Å². The maximum atomic E-state index is 5.38. The summed E-state index contributed by atoms with van der Waals surface area (Å²) in [6.45, 7) is 3.99. The number of hydrogen-bond donors (Lipinski definition) is 1. The Morgan fingerprint density at radius 2 is 2.18 bits per heavy atom. The highest BCUT2D eigenvalue weighted by Crippen LogP contribution is 2.22. The van der Waals surface area contributed by atoms with Crippen LogP contribution in [-0.2, 0) is 24.1 Å². The van der Waals surface area contributed by atoms with Crippen LogP contribution in [0.3, 0.4) is 0 Å². The highest BCUT2D eigenvalue weighted by atomic mass is 16.5. The van der Waals surface area contributed by atoms with Gasteiger partial charge in [-0.05, 0) is 48.3 Å². The zero-order valence-electron chi connectivity index (χ0n) is 10.4. The van der Waals surface area contributed by atoms with E-state index in [9.17, 15) is 0 Å². The van der Waals surface area contributed by atoms with Gasteiger partial charge in [0, 0.05) is 19.7 Å². The van der Waals surface area contributed by atoms with Crippen molar-refractivity contribution in [1.82, 2.24) is 5.32 Å². The lowest BCUT2D eigenvalue weighted by atomic mass is 10.1. The average molecular weight is 231 g/mol. The first-order chi connectivity index (χ1) is 8.42. The minimum Gasteiger partial charge on any atom is -0.381 e. The summed E-state index contributed by atoms with van der Waals surface area (Å²) in [6, 6.07) is 6.99. The monoisotopic (exact) mass is 231 g/mol. The minimum atomic E-state index is 0.726. The van der Waals surface area contributed by atoms with Crippen LogP contribution in [0.2, 0.25) is 0 Å². The average Bonchev–Trinajstić information content (AvgIpc) is 2.98. The molecule has 92 valence electrons. The van der Waals surface area contributed by atoms with Crippen LogP contribution >= 0.6 is 0 Å². The van der Waals surface area contributed by atoms with Gasteiger partial charge in [0.25, 0.3) is 0 Å². The Morgan fingerprint density at radius 1 is 1.24 bits per heavy atom. The van der Waals surface area contributed by atoms with Gasteiger partial charge in [-0.15, -0.1) is 0 Å². The molecule has 17 heavy (non-hydrogen) atoms. The molecule has 3 rings (SSSR count). The molecule has 0 aromatic heterocycles. The standard InChI is InChI=1S/C15H21NO/c1-2-14-5-4-12(8-15(14)3-1)9-16-10-13-6-7-17-11-13/h4-5,8,13,16H,1-3,6-7,9-11H2. The molecule has 2 heteroatoms. The third-order valence-corrected chi connectivity index (χ3v) is 3.95. The van der Waals surface area contributed by atoms with Crippen LogP contribution in [0, 0.1) is 5.92 Å². The van der Waals surface area contributed by atoms with Gasteiger partial charge in [-0.1, -0.05) is 18.2 Å². The van der Waals surface area contributed by atoms with E-state index in [-0.39, 0.29) is 0 Å². The third kappa shape index (κ3) is 2.70. The number of hydrogen-bond acceptors (Lipinski definition) is 2. The van der Waals surface area contributed by atoms with Crippen molar-refractivity contribution >= 4 is 0 Å². The van der Waals surface area contributed by atoms with Crippen LogP contribution in [0.5, 0.6) is 0 Å². The molecule has 2 aliphatic rings. The zero-order valence-corrected chi connectivity index (χ0v) is 10.4. The van der Waals surface area contributed by atoms with Crippen molar-refractivity contribution in [2.75, 3.05) is 19.8 Å². The van der Waals surface area contributed by atoms with Crippen LogP contribution < -0.4 is 5.32 Å². The topological polar surface area (TPSA) is 21.3 Å². The Hall–Kier alpha value is -0.860. The molecule has 1 saturated heterocycles. The van der Waals surface area contributed by atoms with Crippen molar-refractivity contribution in [1.29, 1.82) is 0 Å². The van der Waals surface area contributed by atoms with E-state index in [0.29, 0.717) is 0 Å². The van der Waals surface area contributed by atoms with Gasteiger partial charge in [-0.25, -0.2) is 0 Å². The third-order valence-electron chi connectivity index (χ3n) is 3.95. The zero-order chi connectivity index (χ0) is 11.5. The summed E-state index contributed by atoms with van der Waals surface area (Å²) in [5.41, 5.74) is 4.58. The number of benzene rings is 1. The summed E-state index contributed by atoms with van der Waals surface area (Å²) in [5.74, 6) is 0.726. The van der Waals surface area contributed by atoms with Gasteiger partial charge in [-0.2, -0.15) is 0 Å². The summed E-state index contributed by atoms with van der Waals surface area (Å²) in [4.78, 5) is 0. The normalized spacial score (nSPS) is 22.9. The Balaban J connectivity index is 1.51. The SMILES string of the molecule is c1cc2c(cc1CNCC1CCOC1)CCC2. The van der Waals surface area contributed by atoms with Crippen molar-refractivity contribution in [3.8, 4) is 0 Å². The fourth-order valence-electron chi connectivity index (χ4n) is 2.90. The number of fused-ring (bicyclic) bond motifs is 1. The summed E-state index contributed by atoms with van der Waals surface area (Å²) in [6.07, 6.45) is 5.12. The quantitative estimate of drug-likeness (QED) is 0.858. The van der Waals surface area contributed by atoms with E-state index in [0.717, 1.165) is 32.2 Å². The van der Waals surface area contributed by atoms with Gasteiger partial charge in [-0.3, -0.25) is 0 Å². The summed E-state index contributed by atoms with van der Waals surface area (Å²) < 4.78 is 5.38. The van der Waals surface area contributed by atoms with Crippen molar-refractivity contribution < 1.29 is 4.74 Å². The smallest absolute Gasteiger partial charge is 0.0507 e. The summed E-state index contributed by atoms with van der Waals surface area (Å²) in [5, 5.41) is 3.55. The minimum absolute atomic E-state index is 0.726. The second-order valence-corrected chi connectivity index (χ2v) is 5.32. The predicted octanol–water partition coefficient (Wildman–Crippen LogP) is 2.30. The number of aryl methyl sites for hydroxylation is 2. The lowest BCUT2D eigenvalue weighted by Gasteiger charge is -2.10. The van der Waals surface area contributed by atoms with Crippen LogP contribution in [0.4, 0.5) is 0 Å². The van der Waals surface area contributed by atoms with E-state index in [1.54, 1.807) is 11.1 Å². The summed E-state index contributed by atoms with van der Waals surface area (Å²) in [7, 11) is 0. The fraction of sp³-hybridized carbons (Fsp3) is 0.600. The van der Waals surface area contributed by atoms with Gasteiger partial charge >= 0.3 is 0 Å². The van der Waals surface area contributed by atoms with Crippen LogP contribution in [0.1, 0.15) is 29.5 Å². The van der Waals surface area contributed by atoms with E-state index >= 15 is 0 Å². The van der Waals surface area contributed by atoms with Crippen molar-refractivity contribution in [3.63, 3.8) is 0 Å². The molecule has 0 radical (unpaired) electrons. The molecule has 1 aliphatic carbocycles. The molecule has 0 spiro atoms. The molecule has 1 aliphatic heterocycles. The lowest BCUT2D eigenvalue weighted by molar-refractivity contribution is 0.185. The number of nitrogens with one attached hydrogen (secondary N) is 1. The Bertz CT molecular complexity index is 383. The molecule has 1 atom stereocenters. The molecule has 1 fully saturated rings. The van der Waals surface area contributed by atoms with Crippen LogP contribution in [-0.4, -0.2) is 19.8 Å². The maximum absolute atomic E-state index is 5.38. The molecule has 0 saturated carbocycles. The molecular formula is C15H21NO. The maximum Gasteiger partial charge on any atom is 0.0507 e. The first-order valence-corrected chi connectivity index (χ1v) is 6.81. The highest BCUT2D eigenvalue weighted by molar-refractivity contribution is 5.35. The molecule has 2 nitrogen and oxygen atoms in total. The first-order valence-electron chi connectivity index (χ1n) is 6.81. The Morgan fingerprint density at radius 3 is 3.06 bits per heavy atom. The van der Waals surface area contributed by atoms with Crippen molar-refractivity contribution in [2.45, 2.75) is 32.2 Å². The Kier molecular flexibility index (Phi) is 3.44. The molecule has 1 aromatic rings. The van der Waals surface area contributed by atoms with Gasteiger partial charge in [0.1, 0.15) is 0 Å². The largest absolute Gasteiger partial charge is 0.381 e. The molecule has 1 aromatic carbocycles. The molecular weight excluding hydrogens is 210 g/mol. The van der Waals surface area contributed by atoms with Gasteiger partial charge < -0.3 is 10.1 Å². The molecule has 1 heterocycles. The van der Waals surface area contributed by atoms with Crippen LogP contribution in [0.25, 0.3) is 0 Å². The van der Waals surface area contributed by atoms with E-state index in [1.165, 1.54) is 31.2 Å². The predicted molar refractivity (Wildman–Crippen MR) is 69.1 cm³/mol. The van der Waals surface area contributed by atoms with Crippen LogP contribution in [0.15, 0.2) is 18.2 Å². The van der Waals surface area contributed by atoms with Gasteiger partial charge in [0.15, 0.2) is 0 Å². The number of rotatable bonds is 4. The molecule has 1 N–H and O–H groups in total. The second kappa shape index (κ2) is 5.19. The molecule has 0 amide bonds. The first kappa shape index (κ1) is 11.2. The van der Waals surface area contributed by atoms with E-state index in [4.69, 9.17) is 4.74 Å². The van der Waals surface area contributed by atoms with Gasteiger partial charge in [0.05, 0.1) is 6.61 Å². The fourth-order valence-corrected chi connectivity index (χ4v) is 2.90. The molecule has 1 unspecified atom stereocenters. The Labute approximate surface area is 103 Å².